The highest BCUT2D eigenvalue weighted by atomic mass is 16.5. The lowest BCUT2D eigenvalue weighted by Gasteiger charge is -2.50. The molecule has 0 bridgehead atoms. The summed E-state index contributed by atoms with van der Waals surface area (Å²) in [5, 5.41) is 14.6. The van der Waals surface area contributed by atoms with Crippen LogP contribution in [0.4, 0.5) is 4.79 Å². The molecule has 5 rings (SSSR count). The third-order valence-corrected chi connectivity index (χ3v) is 8.33. The second-order valence-electron chi connectivity index (χ2n) is 10.8. The van der Waals surface area contributed by atoms with E-state index in [0.717, 1.165) is 60.9 Å². The fraction of sp³-hybridized carbons (Fsp3) is 0.630. The molecule has 0 radical (unpaired) electrons. The predicted octanol–water partition coefficient (Wildman–Crippen LogP) is 3.69. The molecular formula is C27H38N4O4. The Balaban J connectivity index is 1.55. The van der Waals surface area contributed by atoms with Crippen LogP contribution in [0.1, 0.15) is 69.7 Å². The number of H-pyrrole nitrogens is 1. The number of methoxy groups -OCH3 is 1. The lowest BCUT2D eigenvalue weighted by Crippen LogP contribution is -2.57. The molecule has 0 unspecified atom stereocenters. The standard InChI is InChI=1S/C27H38N4O4/c1-17(2)28-26(34)30-12-10-27(11-13-30)16-31(25(33)18-6-4-5-7-18)22(15-32)24-23(27)20-9-8-19(35-3)14-21(20)29-24/h8-9,14,17-18,22,29,32H,4-7,10-13,15-16H2,1-3H3,(H,28,34)/t22-/m0/s1. The van der Waals surface area contributed by atoms with Gasteiger partial charge in [-0.1, -0.05) is 12.8 Å². The lowest BCUT2D eigenvalue weighted by atomic mass is 9.68. The molecule has 2 aliphatic heterocycles. The number of urea groups is 1. The Kier molecular flexibility index (Phi) is 6.42. The van der Waals surface area contributed by atoms with Gasteiger partial charge in [0.2, 0.25) is 5.91 Å². The Bertz CT molecular complexity index is 1100. The minimum atomic E-state index is -0.385. The second-order valence-corrected chi connectivity index (χ2v) is 10.8. The van der Waals surface area contributed by atoms with Crippen molar-refractivity contribution in [3.05, 3.63) is 29.5 Å². The SMILES string of the molecule is COc1ccc2c3c([nH]c2c1)[C@H](CO)N(C(=O)C1CCCC1)CC31CCN(C(=O)NC(C)C)CC1. The quantitative estimate of drug-likeness (QED) is 0.619. The number of amides is 3. The molecule has 1 aromatic heterocycles. The topological polar surface area (TPSA) is 97.9 Å². The summed E-state index contributed by atoms with van der Waals surface area (Å²) >= 11 is 0. The van der Waals surface area contributed by atoms with E-state index in [1.165, 1.54) is 5.56 Å². The number of likely N-dealkylation sites (tertiary alicyclic amines) is 1. The first kappa shape index (κ1) is 24.0. The lowest BCUT2D eigenvalue weighted by molar-refractivity contribution is -0.141. The minimum Gasteiger partial charge on any atom is -0.497 e. The maximum Gasteiger partial charge on any atom is 0.317 e. The molecule has 35 heavy (non-hydrogen) atoms. The van der Waals surface area contributed by atoms with Crippen LogP contribution < -0.4 is 10.1 Å². The van der Waals surface area contributed by atoms with Crippen molar-refractivity contribution in [3.63, 3.8) is 0 Å². The molecule has 1 aromatic carbocycles. The number of nitrogens with zero attached hydrogens (tertiary/aromatic N) is 2. The molecule has 1 aliphatic carbocycles. The smallest absolute Gasteiger partial charge is 0.317 e. The number of carbonyl (C=O) groups is 2. The van der Waals surface area contributed by atoms with Crippen LogP contribution >= 0.6 is 0 Å². The maximum absolute atomic E-state index is 13.7. The Morgan fingerprint density at radius 1 is 1.23 bits per heavy atom. The number of hydrogen-bond donors (Lipinski definition) is 3. The average molecular weight is 483 g/mol. The van der Waals surface area contributed by atoms with Crippen LogP contribution in [0.2, 0.25) is 0 Å². The van der Waals surface area contributed by atoms with Gasteiger partial charge >= 0.3 is 6.03 Å². The molecule has 1 saturated heterocycles. The summed E-state index contributed by atoms with van der Waals surface area (Å²) in [6.07, 6.45) is 5.60. The molecule has 3 N–H and O–H groups in total. The Morgan fingerprint density at radius 2 is 1.94 bits per heavy atom. The van der Waals surface area contributed by atoms with Gasteiger partial charge in [0.15, 0.2) is 0 Å². The van der Waals surface area contributed by atoms with E-state index in [0.29, 0.717) is 19.6 Å². The van der Waals surface area contributed by atoms with Gasteiger partial charge in [-0.05, 0) is 57.2 Å². The van der Waals surface area contributed by atoms with Crippen LogP contribution in [0.25, 0.3) is 10.9 Å². The van der Waals surface area contributed by atoms with Crippen LogP contribution in [-0.4, -0.2) is 71.2 Å². The number of rotatable bonds is 4. The molecular weight excluding hydrogens is 444 g/mol. The van der Waals surface area contributed by atoms with Crippen LogP contribution in [0.5, 0.6) is 5.75 Å². The molecule has 2 fully saturated rings. The fourth-order valence-corrected chi connectivity index (χ4v) is 6.53. The van der Waals surface area contributed by atoms with E-state index in [-0.39, 0.29) is 42.0 Å². The third-order valence-electron chi connectivity index (χ3n) is 8.33. The monoisotopic (exact) mass is 482 g/mol. The van der Waals surface area contributed by atoms with E-state index >= 15 is 0 Å². The zero-order valence-corrected chi connectivity index (χ0v) is 21.1. The van der Waals surface area contributed by atoms with Crippen molar-refractivity contribution in [1.82, 2.24) is 20.1 Å². The number of ether oxygens (including phenoxy) is 1. The molecule has 2 aromatic rings. The minimum absolute atomic E-state index is 0.0262. The van der Waals surface area contributed by atoms with Crippen molar-refractivity contribution in [1.29, 1.82) is 0 Å². The molecule has 1 saturated carbocycles. The van der Waals surface area contributed by atoms with Crippen molar-refractivity contribution in [2.45, 2.75) is 69.9 Å². The van der Waals surface area contributed by atoms with Crippen molar-refractivity contribution < 1.29 is 19.4 Å². The molecule has 3 amide bonds. The summed E-state index contributed by atoms with van der Waals surface area (Å²) in [6.45, 7) is 5.68. The van der Waals surface area contributed by atoms with E-state index in [1.54, 1.807) is 7.11 Å². The Morgan fingerprint density at radius 3 is 2.57 bits per heavy atom. The molecule has 1 spiro atoms. The molecule has 3 aliphatic rings. The normalized spacial score (nSPS) is 22.1. The van der Waals surface area contributed by atoms with Crippen LogP contribution in [0, 0.1) is 5.92 Å². The van der Waals surface area contributed by atoms with Gasteiger partial charge in [0, 0.05) is 59.7 Å². The van der Waals surface area contributed by atoms with Crippen molar-refractivity contribution >= 4 is 22.8 Å². The van der Waals surface area contributed by atoms with Gasteiger partial charge in [-0.3, -0.25) is 4.79 Å². The first-order valence-corrected chi connectivity index (χ1v) is 13.0. The van der Waals surface area contributed by atoms with Gasteiger partial charge in [-0.25, -0.2) is 4.79 Å². The number of carbonyl (C=O) groups excluding carboxylic acids is 2. The number of aliphatic hydroxyl groups is 1. The summed E-state index contributed by atoms with van der Waals surface area (Å²) < 4.78 is 5.46. The summed E-state index contributed by atoms with van der Waals surface area (Å²) in [6, 6.07) is 5.73. The number of hydrogen-bond acceptors (Lipinski definition) is 4. The van der Waals surface area contributed by atoms with E-state index in [1.807, 2.05) is 35.8 Å². The Labute approximate surface area is 207 Å². The maximum atomic E-state index is 13.7. The predicted molar refractivity (Wildman–Crippen MR) is 135 cm³/mol. The molecule has 190 valence electrons. The number of fused-ring (bicyclic) bond motifs is 4. The van der Waals surface area contributed by atoms with E-state index in [2.05, 4.69) is 16.4 Å². The zero-order valence-electron chi connectivity index (χ0n) is 21.1. The van der Waals surface area contributed by atoms with Gasteiger partial charge < -0.3 is 29.9 Å². The largest absolute Gasteiger partial charge is 0.497 e. The average Bonchev–Trinajstić information content (AvgIpc) is 3.52. The number of piperidine rings is 1. The van der Waals surface area contributed by atoms with Gasteiger partial charge in [0.05, 0.1) is 19.8 Å². The van der Waals surface area contributed by atoms with Gasteiger partial charge in [-0.2, -0.15) is 0 Å². The summed E-state index contributed by atoms with van der Waals surface area (Å²) in [5.41, 5.74) is 2.83. The summed E-state index contributed by atoms with van der Waals surface area (Å²) in [4.78, 5) is 33.8. The highest BCUT2D eigenvalue weighted by Crippen LogP contribution is 2.49. The summed E-state index contributed by atoms with van der Waals surface area (Å²) in [5.74, 6) is 0.983. The molecule has 8 nitrogen and oxygen atoms in total. The number of aliphatic hydroxyl groups excluding tert-OH is 1. The van der Waals surface area contributed by atoms with Crippen molar-refractivity contribution in [3.8, 4) is 5.75 Å². The van der Waals surface area contributed by atoms with Crippen LogP contribution in [0.15, 0.2) is 18.2 Å². The summed E-state index contributed by atoms with van der Waals surface area (Å²) in [7, 11) is 1.65. The van der Waals surface area contributed by atoms with E-state index in [9.17, 15) is 14.7 Å². The highest BCUT2D eigenvalue weighted by molar-refractivity contribution is 5.89. The highest BCUT2D eigenvalue weighted by Gasteiger charge is 2.50. The number of benzene rings is 1. The molecule has 3 heterocycles. The van der Waals surface area contributed by atoms with Crippen molar-refractivity contribution in [2.24, 2.45) is 5.92 Å². The number of aromatic nitrogens is 1. The van der Waals surface area contributed by atoms with Crippen LogP contribution in [-0.2, 0) is 10.2 Å². The second kappa shape index (κ2) is 9.37. The first-order chi connectivity index (χ1) is 16.9. The zero-order chi connectivity index (χ0) is 24.7. The fourth-order valence-electron chi connectivity index (χ4n) is 6.53. The van der Waals surface area contributed by atoms with Crippen molar-refractivity contribution in [2.75, 3.05) is 33.4 Å². The van der Waals surface area contributed by atoms with Gasteiger partial charge in [0.1, 0.15) is 5.75 Å². The van der Waals surface area contributed by atoms with Crippen LogP contribution in [0.3, 0.4) is 0 Å². The van der Waals surface area contributed by atoms with Gasteiger partial charge in [-0.15, -0.1) is 0 Å². The van der Waals surface area contributed by atoms with Gasteiger partial charge in [0.25, 0.3) is 0 Å². The molecule has 8 heteroatoms. The molecule has 1 atom stereocenters. The number of aromatic amines is 1. The number of nitrogens with one attached hydrogen (secondary N) is 2. The first-order valence-electron chi connectivity index (χ1n) is 13.0. The van der Waals surface area contributed by atoms with E-state index in [4.69, 9.17) is 4.74 Å². The third kappa shape index (κ3) is 4.15. The van der Waals surface area contributed by atoms with E-state index < -0.39 is 0 Å². The Hall–Kier alpha value is -2.74.